The van der Waals surface area contributed by atoms with Crippen molar-refractivity contribution in [3.63, 3.8) is 0 Å². The summed E-state index contributed by atoms with van der Waals surface area (Å²) in [6.07, 6.45) is 0.224. The fraction of sp³-hybridized carbons (Fsp3) is 0.417. The highest BCUT2D eigenvalue weighted by Gasteiger charge is 2.34. The summed E-state index contributed by atoms with van der Waals surface area (Å²) >= 11 is 0. The number of hydrogen-bond acceptors (Lipinski definition) is 6. The number of carbonyl (C=O) groups excluding carboxylic acids is 2. The highest BCUT2D eigenvalue weighted by atomic mass is 32.2. The number of sulfonamides is 1. The van der Waals surface area contributed by atoms with E-state index in [0.29, 0.717) is 5.56 Å². The molecule has 2 fully saturated rings. The van der Waals surface area contributed by atoms with Crippen molar-refractivity contribution in [1.29, 1.82) is 0 Å². The first-order valence-corrected chi connectivity index (χ1v) is 12.5. The van der Waals surface area contributed by atoms with Crippen molar-refractivity contribution in [3.05, 3.63) is 65.7 Å². The predicted molar refractivity (Wildman–Crippen MR) is 121 cm³/mol. The number of hydrogen-bond donors (Lipinski definition) is 1. The van der Waals surface area contributed by atoms with Gasteiger partial charge < -0.3 is 14.8 Å². The minimum absolute atomic E-state index is 0.00283. The van der Waals surface area contributed by atoms with Gasteiger partial charge in [-0.2, -0.15) is 4.31 Å². The van der Waals surface area contributed by atoms with Crippen molar-refractivity contribution < 1.29 is 27.5 Å². The van der Waals surface area contributed by atoms with Gasteiger partial charge >= 0.3 is 5.97 Å². The third kappa shape index (κ3) is 5.61. The second-order valence-electron chi connectivity index (χ2n) is 8.59. The third-order valence-electron chi connectivity index (χ3n) is 5.58. The first kappa shape index (κ1) is 23.4. The molecule has 1 aliphatic carbocycles. The molecule has 1 aliphatic heterocycles. The van der Waals surface area contributed by atoms with Crippen molar-refractivity contribution in [3.8, 4) is 0 Å². The zero-order valence-electron chi connectivity index (χ0n) is 18.6. The SMILES string of the molecule is CC1CN(S(=O)(=O)c2cccc(C(=O)OC(C(=O)NC3CC3)c3ccccc3)c2)CC(C)O1. The number of rotatable bonds is 7. The van der Waals surface area contributed by atoms with E-state index in [9.17, 15) is 18.0 Å². The van der Waals surface area contributed by atoms with Crippen LogP contribution in [0.25, 0.3) is 0 Å². The van der Waals surface area contributed by atoms with Crippen LogP contribution >= 0.6 is 0 Å². The van der Waals surface area contributed by atoms with E-state index in [0.717, 1.165) is 12.8 Å². The zero-order chi connectivity index (χ0) is 23.6. The van der Waals surface area contributed by atoms with Crippen LogP contribution in [-0.4, -0.2) is 55.9 Å². The van der Waals surface area contributed by atoms with Gasteiger partial charge in [-0.1, -0.05) is 36.4 Å². The molecule has 8 nitrogen and oxygen atoms in total. The van der Waals surface area contributed by atoms with E-state index in [-0.39, 0.29) is 41.8 Å². The highest BCUT2D eigenvalue weighted by Crippen LogP contribution is 2.26. The topological polar surface area (TPSA) is 102 Å². The number of amides is 1. The molecule has 0 radical (unpaired) electrons. The van der Waals surface area contributed by atoms with Crippen molar-refractivity contribution in [2.75, 3.05) is 13.1 Å². The third-order valence-corrected chi connectivity index (χ3v) is 7.41. The first-order chi connectivity index (χ1) is 15.7. The quantitative estimate of drug-likeness (QED) is 0.622. The standard InChI is InChI=1S/C24H28N2O6S/c1-16-14-26(15-17(2)31-16)33(29,30)21-10-6-9-19(13-21)24(28)32-22(18-7-4-3-5-8-18)23(27)25-20-11-12-20/h3-10,13,16-17,20,22H,11-12,14-15H2,1-2H3,(H,25,27). The van der Waals surface area contributed by atoms with Gasteiger partial charge in [0.05, 0.1) is 22.7 Å². The number of ether oxygens (including phenoxy) is 2. The lowest BCUT2D eigenvalue weighted by molar-refractivity contribution is -0.130. The molecule has 1 N–H and O–H groups in total. The van der Waals surface area contributed by atoms with Crippen LogP contribution in [0.3, 0.4) is 0 Å². The van der Waals surface area contributed by atoms with Crippen molar-refractivity contribution in [2.45, 2.75) is 55.9 Å². The molecule has 1 saturated heterocycles. The number of carbonyl (C=O) groups is 2. The van der Waals surface area contributed by atoms with Crippen LogP contribution in [-0.2, 0) is 24.3 Å². The van der Waals surface area contributed by atoms with Crippen LogP contribution in [0.4, 0.5) is 0 Å². The normalized spacial score (nSPS) is 22.4. The molecule has 2 aliphatic rings. The van der Waals surface area contributed by atoms with E-state index in [1.807, 2.05) is 19.9 Å². The first-order valence-electron chi connectivity index (χ1n) is 11.1. The van der Waals surface area contributed by atoms with Crippen LogP contribution in [0.15, 0.2) is 59.5 Å². The van der Waals surface area contributed by atoms with Crippen molar-refractivity contribution in [1.82, 2.24) is 9.62 Å². The molecule has 2 aromatic rings. The smallest absolute Gasteiger partial charge is 0.339 e. The Bertz CT molecular complexity index is 1110. The highest BCUT2D eigenvalue weighted by molar-refractivity contribution is 7.89. The maximum atomic E-state index is 13.2. The van der Waals surface area contributed by atoms with Crippen molar-refractivity contribution >= 4 is 21.9 Å². The summed E-state index contributed by atoms with van der Waals surface area (Å²) in [5.74, 6) is -1.16. The molecule has 2 aromatic carbocycles. The monoisotopic (exact) mass is 472 g/mol. The lowest BCUT2D eigenvalue weighted by Gasteiger charge is -2.34. The van der Waals surface area contributed by atoms with Crippen LogP contribution in [0.1, 0.15) is 48.7 Å². The molecule has 0 spiro atoms. The van der Waals surface area contributed by atoms with Gasteiger partial charge in [-0.25, -0.2) is 13.2 Å². The molecule has 4 rings (SSSR count). The summed E-state index contributed by atoms with van der Waals surface area (Å²) < 4.78 is 39.0. The molecule has 9 heteroatoms. The largest absolute Gasteiger partial charge is 0.444 e. The molecule has 176 valence electrons. The maximum absolute atomic E-state index is 13.2. The fourth-order valence-electron chi connectivity index (χ4n) is 3.84. The van der Waals surface area contributed by atoms with Gasteiger partial charge in [-0.3, -0.25) is 4.79 Å². The van der Waals surface area contributed by atoms with E-state index < -0.39 is 28.0 Å². The molecule has 0 aromatic heterocycles. The van der Waals surface area contributed by atoms with E-state index >= 15 is 0 Å². The van der Waals surface area contributed by atoms with Gasteiger partial charge in [0.15, 0.2) is 0 Å². The van der Waals surface area contributed by atoms with E-state index in [1.54, 1.807) is 24.3 Å². The fourth-order valence-corrected chi connectivity index (χ4v) is 5.48. The number of benzene rings is 2. The summed E-state index contributed by atoms with van der Waals surface area (Å²) in [4.78, 5) is 25.7. The Morgan fingerprint density at radius 3 is 2.33 bits per heavy atom. The van der Waals surface area contributed by atoms with Gasteiger partial charge in [0, 0.05) is 24.7 Å². The number of esters is 1. The molecule has 1 heterocycles. The minimum Gasteiger partial charge on any atom is -0.444 e. The van der Waals surface area contributed by atoms with Gasteiger partial charge in [0.1, 0.15) is 0 Å². The molecular weight excluding hydrogens is 444 g/mol. The molecule has 3 atom stereocenters. The van der Waals surface area contributed by atoms with Crippen LogP contribution in [0, 0.1) is 0 Å². The molecule has 1 amide bonds. The van der Waals surface area contributed by atoms with Gasteiger partial charge in [-0.05, 0) is 44.9 Å². The van der Waals surface area contributed by atoms with Crippen LogP contribution in [0.2, 0.25) is 0 Å². The number of morpholine rings is 1. The number of nitrogens with zero attached hydrogens (tertiary/aromatic N) is 1. The maximum Gasteiger partial charge on any atom is 0.339 e. The Balaban J connectivity index is 1.55. The molecular formula is C24H28N2O6S. The Morgan fingerprint density at radius 1 is 1.03 bits per heavy atom. The summed E-state index contributed by atoms with van der Waals surface area (Å²) in [6.45, 7) is 4.11. The number of nitrogens with one attached hydrogen (secondary N) is 1. The summed E-state index contributed by atoms with van der Waals surface area (Å²) in [5.41, 5.74) is 0.606. The van der Waals surface area contributed by atoms with Gasteiger partial charge in [0.2, 0.25) is 16.1 Å². The zero-order valence-corrected chi connectivity index (χ0v) is 19.5. The minimum atomic E-state index is -3.82. The summed E-state index contributed by atoms with van der Waals surface area (Å²) in [7, 11) is -3.82. The molecule has 1 saturated carbocycles. The van der Waals surface area contributed by atoms with Gasteiger partial charge in [0.25, 0.3) is 5.91 Å². The Hall–Kier alpha value is -2.75. The van der Waals surface area contributed by atoms with Gasteiger partial charge in [-0.15, -0.1) is 0 Å². The van der Waals surface area contributed by atoms with E-state index in [1.165, 1.54) is 28.6 Å². The lowest BCUT2D eigenvalue weighted by atomic mass is 10.1. The summed E-state index contributed by atoms with van der Waals surface area (Å²) in [5, 5.41) is 2.87. The second kappa shape index (κ2) is 9.62. The van der Waals surface area contributed by atoms with Crippen LogP contribution < -0.4 is 5.32 Å². The molecule has 3 unspecified atom stereocenters. The predicted octanol–water partition coefficient (Wildman–Crippen LogP) is 2.66. The lowest BCUT2D eigenvalue weighted by Crippen LogP contribution is -2.48. The Kier molecular flexibility index (Phi) is 6.83. The van der Waals surface area contributed by atoms with E-state index in [4.69, 9.17) is 9.47 Å². The van der Waals surface area contributed by atoms with E-state index in [2.05, 4.69) is 5.32 Å². The second-order valence-corrected chi connectivity index (χ2v) is 10.5. The molecule has 0 bridgehead atoms. The summed E-state index contributed by atoms with van der Waals surface area (Å²) in [6, 6.07) is 14.6. The Morgan fingerprint density at radius 2 is 1.70 bits per heavy atom. The molecule has 33 heavy (non-hydrogen) atoms. The average molecular weight is 473 g/mol. The Labute approximate surface area is 193 Å². The average Bonchev–Trinajstić information content (AvgIpc) is 3.61. The van der Waals surface area contributed by atoms with Crippen LogP contribution in [0.5, 0.6) is 0 Å². The van der Waals surface area contributed by atoms with Crippen molar-refractivity contribution in [2.24, 2.45) is 0 Å².